The number of hydrogen-bond acceptors (Lipinski definition) is 4. The summed E-state index contributed by atoms with van der Waals surface area (Å²) in [5, 5.41) is 9.66. The zero-order valence-electron chi connectivity index (χ0n) is 10.0. The quantitative estimate of drug-likeness (QED) is 0.942. The van der Waals surface area contributed by atoms with Gasteiger partial charge in [-0.25, -0.2) is 4.98 Å². The number of rotatable bonds is 3. The fourth-order valence-corrected chi connectivity index (χ4v) is 2.57. The van der Waals surface area contributed by atoms with E-state index in [4.69, 9.17) is 5.11 Å². The zero-order chi connectivity index (χ0) is 14.0. The summed E-state index contributed by atoms with van der Waals surface area (Å²) in [5.41, 5.74) is 0.155. The minimum Gasteiger partial charge on any atom is -0.390 e. The third-order valence-electron chi connectivity index (χ3n) is 2.56. The fourth-order valence-electron chi connectivity index (χ4n) is 1.58. The number of halogens is 3. The second-order valence-corrected chi connectivity index (χ2v) is 4.91. The van der Waals surface area contributed by atoms with E-state index in [-0.39, 0.29) is 6.61 Å². The number of aromatic nitrogens is 2. The first-order valence-corrected chi connectivity index (χ1v) is 6.40. The second kappa shape index (κ2) is 5.26. The minimum atomic E-state index is -4.39. The second-order valence-electron chi connectivity index (χ2n) is 3.83. The number of pyridine rings is 1. The molecule has 0 unspecified atom stereocenters. The summed E-state index contributed by atoms with van der Waals surface area (Å²) < 4.78 is 37.2. The lowest BCUT2D eigenvalue weighted by Crippen LogP contribution is -2.05. The highest BCUT2D eigenvalue weighted by Crippen LogP contribution is 2.31. The molecular weight excluding hydrogens is 277 g/mol. The molecule has 0 fully saturated rings. The number of nitrogens with zero attached hydrogens (tertiary/aromatic N) is 2. The Morgan fingerprint density at radius 2 is 2.05 bits per heavy atom. The number of aliphatic hydroxyl groups is 1. The first kappa shape index (κ1) is 14.0. The summed E-state index contributed by atoms with van der Waals surface area (Å²) in [4.78, 5) is 8.89. The number of alkyl halides is 3. The van der Waals surface area contributed by atoms with Crippen LogP contribution < -0.4 is 0 Å². The molecule has 2 rings (SSSR count). The Labute approximate surface area is 111 Å². The van der Waals surface area contributed by atoms with Gasteiger partial charge in [0, 0.05) is 11.1 Å². The number of hydrogen-bond donors (Lipinski definition) is 1. The molecule has 0 aliphatic carbocycles. The molecule has 0 saturated heterocycles. The molecule has 0 atom stereocenters. The van der Waals surface area contributed by atoms with E-state index in [0.717, 1.165) is 17.1 Å². The van der Waals surface area contributed by atoms with Gasteiger partial charge in [0.25, 0.3) is 0 Å². The van der Waals surface area contributed by atoms with E-state index in [2.05, 4.69) is 9.97 Å². The molecule has 7 heteroatoms. The molecule has 0 aliphatic heterocycles. The Hall–Kier alpha value is -1.47. The van der Waals surface area contributed by atoms with Gasteiger partial charge in [-0.3, -0.25) is 4.98 Å². The van der Waals surface area contributed by atoms with Crippen molar-refractivity contribution in [3.63, 3.8) is 0 Å². The Balaban J connectivity index is 2.34. The Bertz CT molecular complexity index is 542. The molecule has 2 aromatic heterocycles. The van der Waals surface area contributed by atoms with Crippen LogP contribution in [0.4, 0.5) is 13.2 Å². The van der Waals surface area contributed by atoms with Gasteiger partial charge >= 0.3 is 6.18 Å². The van der Waals surface area contributed by atoms with Crippen molar-refractivity contribution < 1.29 is 18.3 Å². The zero-order valence-corrected chi connectivity index (χ0v) is 10.8. The highest BCUT2D eigenvalue weighted by molar-refractivity contribution is 7.15. The monoisotopic (exact) mass is 288 g/mol. The van der Waals surface area contributed by atoms with E-state index >= 15 is 0 Å². The summed E-state index contributed by atoms with van der Waals surface area (Å²) in [7, 11) is 0. The summed E-state index contributed by atoms with van der Waals surface area (Å²) in [6.45, 7) is 1.75. The highest BCUT2D eigenvalue weighted by atomic mass is 32.1. The Morgan fingerprint density at radius 3 is 2.47 bits per heavy atom. The van der Waals surface area contributed by atoms with Crippen molar-refractivity contribution in [3.8, 4) is 10.7 Å². The highest BCUT2D eigenvalue weighted by Gasteiger charge is 2.30. The normalized spacial score (nSPS) is 11.8. The van der Waals surface area contributed by atoms with Crippen LogP contribution in [-0.4, -0.2) is 15.1 Å². The summed E-state index contributed by atoms with van der Waals surface area (Å²) in [6, 6.07) is 2.27. The van der Waals surface area contributed by atoms with Crippen molar-refractivity contribution in [3.05, 3.63) is 34.5 Å². The van der Waals surface area contributed by atoms with Gasteiger partial charge in [-0.1, -0.05) is 6.92 Å². The molecule has 0 spiro atoms. The maximum Gasteiger partial charge on any atom is 0.417 e. The molecule has 0 bridgehead atoms. The predicted molar refractivity (Wildman–Crippen MR) is 65.6 cm³/mol. The number of thiazole rings is 1. The third kappa shape index (κ3) is 2.93. The van der Waals surface area contributed by atoms with Crippen LogP contribution >= 0.6 is 11.3 Å². The molecule has 0 saturated carbocycles. The van der Waals surface area contributed by atoms with Crippen molar-refractivity contribution in [2.45, 2.75) is 26.1 Å². The molecule has 19 heavy (non-hydrogen) atoms. The van der Waals surface area contributed by atoms with Gasteiger partial charge < -0.3 is 5.11 Å². The van der Waals surface area contributed by atoms with Crippen molar-refractivity contribution >= 4 is 11.3 Å². The maximum atomic E-state index is 12.4. The van der Waals surface area contributed by atoms with E-state index in [1.54, 1.807) is 0 Å². The van der Waals surface area contributed by atoms with Gasteiger partial charge in [0.15, 0.2) is 0 Å². The third-order valence-corrected chi connectivity index (χ3v) is 3.82. The molecule has 0 aliphatic rings. The molecular formula is C12H11F3N2OS. The van der Waals surface area contributed by atoms with Crippen LogP contribution in [0.1, 0.15) is 23.1 Å². The Kier molecular flexibility index (Phi) is 3.86. The summed E-state index contributed by atoms with van der Waals surface area (Å²) in [5.74, 6) is 0. The number of aliphatic hydroxyl groups excluding tert-OH is 1. The fraction of sp³-hybridized carbons (Fsp3) is 0.333. The van der Waals surface area contributed by atoms with Crippen LogP contribution in [0.2, 0.25) is 0 Å². The molecule has 102 valence electrons. The first-order valence-electron chi connectivity index (χ1n) is 5.58. The molecule has 0 aromatic carbocycles. The van der Waals surface area contributed by atoms with Crippen LogP contribution in [0.5, 0.6) is 0 Å². The maximum absolute atomic E-state index is 12.4. The lowest BCUT2D eigenvalue weighted by molar-refractivity contribution is -0.137. The molecule has 0 amide bonds. The van der Waals surface area contributed by atoms with Gasteiger partial charge in [0.2, 0.25) is 0 Å². The molecule has 0 radical (unpaired) electrons. The van der Waals surface area contributed by atoms with E-state index in [1.807, 2.05) is 6.92 Å². The van der Waals surface area contributed by atoms with Gasteiger partial charge in [0.1, 0.15) is 5.01 Å². The SMILES string of the molecule is CCc1sc(-c2ccc(C(F)(F)F)cn2)nc1CO. The van der Waals surface area contributed by atoms with Gasteiger partial charge in [-0.15, -0.1) is 11.3 Å². The van der Waals surface area contributed by atoms with Crippen LogP contribution in [0, 0.1) is 0 Å². The van der Waals surface area contributed by atoms with Crippen LogP contribution in [-0.2, 0) is 19.2 Å². The standard InChI is InChI=1S/C12H11F3N2OS/c1-2-10-9(6-18)17-11(19-10)8-4-3-7(5-16-8)12(13,14)15/h3-5,18H,2,6H2,1H3. The first-order chi connectivity index (χ1) is 8.95. The molecule has 2 heterocycles. The average molecular weight is 288 g/mol. The molecule has 1 N–H and O–H groups in total. The lowest BCUT2D eigenvalue weighted by Gasteiger charge is -2.05. The van der Waals surface area contributed by atoms with E-state index in [1.165, 1.54) is 17.4 Å². The van der Waals surface area contributed by atoms with Gasteiger partial charge in [-0.05, 0) is 18.6 Å². The van der Waals surface area contributed by atoms with Crippen LogP contribution in [0.25, 0.3) is 10.7 Å². The lowest BCUT2D eigenvalue weighted by atomic mass is 10.2. The topological polar surface area (TPSA) is 46.0 Å². The van der Waals surface area contributed by atoms with Gasteiger partial charge in [0.05, 0.1) is 23.6 Å². The van der Waals surface area contributed by atoms with Gasteiger partial charge in [-0.2, -0.15) is 13.2 Å². The van der Waals surface area contributed by atoms with Crippen molar-refractivity contribution in [2.75, 3.05) is 0 Å². The average Bonchev–Trinajstić information content (AvgIpc) is 2.81. The number of aryl methyl sites for hydroxylation is 1. The summed E-state index contributed by atoms with van der Waals surface area (Å²) >= 11 is 1.34. The van der Waals surface area contributed by atoms with Crippen LogP contribution in [0.3, 0.4) is 0 Å². The van der Waals surface area contributed by atoms with Crippen molar-refractivity contribution in [2.24, 2.45) is 0 Å². The Morgan fingerprint density at radius 1 is 1.32 bits per heavy atom. The summed E-state index contributed by atoms with van der Waals surface area (Å²) in [6.07, 6.45) is -2.88. The molecule has 2 aromatic rings. The molecule has 3 nitrogen and oxygen atoms in total. The van der Waals surface area contributed by atoms with Crippen molar-refractivity contribution in [1.82, 2.24) is 9.97 Å². The smallest absolute Gasteiger partial charge is 0.390 e. The largest absolute Gasteiger partial charge is 0.417 e. The minimum absolute atomic E-state index is 0.180. The van der Waals surface area contributed by atoms with E-state index < -0.39 is 11.7 Å². The predicted octanol–water partition coefficient (Wildman–Crippen LogP) is 3.28. The van der Waals surface area contributed by atoms with Crippen LogP contribution in [0.15, 0.2) is 18.3 Å². The van der Waals surface area contributed by atoms with E-state index in [9.17, 15) is 13.2 Å². The van der Waals surface area contributed by atoms with E-state index in [0.29, 0.717) is 22.8 Å². The van der Waals surface area contributed by atoms with Crippen molar-refractivity contribution in [1.29, 1.82) is 0 Å².